The van der Waals surface area contributed by atoms with Crippen molar-refractivity contribution in [3.8, 4) is 5.75 Å². The molecule has 1 heterocycles. The molecule has 0 radical (unpaired) electrons. The second-order valence-electron chi connectivity index (χ2n) is 4.89. The van der Waals surface area contributed by atoms with Crippen LogP contribution in [0.4, 0.5) is 5.69 Å². The number of carbonyl (C=O) groups excluding carboxylic acids is 2. The summed E-state index contributed by atoms with van der Waals surface area (Å²) in [6.07, 6.45) is 0.771. The highest BCUT2D eigenvalue weighted by Crippen LogP contribution is 2.20. The number of nitrogens with two attached hydrogens (primary N) is 1. The Morgan fingerprint density at radius 3 is 2.75 bits per heavy atom. The number of nitrogens with zero attached hydrogens (tertiary/aromatic N) is 2. The maximum atomic E-state index is 12.5. The van der Waals surface area contributed by atoms with Gasteiger partial charge in [-0.3, -0.25) is 9.59 Å². The predicted octanol–water partition coefficient (Wildman–Crippen LogP) is 0.582. The average Bonchev–Trinajstić information content (AvgIpc) is 2.59. The summed E-state index contributed by atoms with van der Waals surface area (Å²) in [5, 5.41) is 0. The van der Waals surface area contributed by atoms with Gasteiger partial charge in [0.25, 0.3) is 5.91 Å². The molecule has 2 amide bonds. The summed E-state index contributed by atoms with van der Waals surface area (Å²) in [7, 11) is 3.27. The monoisotopic (exact) mass is 277 g/mol. The van der Waals surface area contributed by atoms with Crippen molar-refractivity contribution >= 4 is 17.5 Å². The number of anilines is 1. The van der Waals surface area contributed by atoms with Crippen molar-refractivity contribution in [2.24, 2.45) is 0 Å². The molecule has 1 aliphatic rings. The first kappa shape index (κ1) is 14.2. The maximum Gasteiger partial charge on any atom is 0.254 e. The summed E-state index contributed by atoms with van der Waals surface area (Å²) < 4.78 is 5.11. The summed E-state index contributed by atoms with van der Waals surface area (Å²) in [6.45, 7) is 1.33. The van der Waals surface area contributed by atoms with Gasteiger partial charge in [-0.1, -0.05) is 0 Å². The van der Waals surface area contributed by atoms with E-state index < -0.39 is 0 Å². The SMILES string of the molecule is COc1cc(N)cc(C(=O)N2CCCN(C)C(=O)C2)c1. The molecule has 1 aromatic carbocycles. The lowest BCUT2D eigenvalue weighted by atomic mass is 10.1. The largest absolute Gasteiger partial charge is 0.497 e. The second-order valence-corrected chi connectivity index (χ2v) is 4.89. The van der Waals surface area contributed by atoms with E-state index in [4.69, 9.17) is 10.5 Å². The van der Waals surface area contributed by atoms with Crippen molar-refractivity contribution in [1.29, 1.82) is 0 Å². The molecule has 6 nitrogen and oxygen atoms in total. The van der Waals surface area contributed by atoms with Gasteiger partial charge in [-0.25, -0.2) is 0 Å². The van der Waals surface area contributed by atoms with Crippen LogP contribution in [0.5, 0.6) is 5.75 Å². The van der Waals surface area contributed by atoms with Crippen molar-refractivity contribution in [2.75, 3.05) is 39.5 Å². The smallest absolute Gasteiger partial charge is 0.254 e. The number of ether oxygens (including phenoxy) is 1. The molecule has 1 saturated heterocycles. The molecule has 0 bridgehead atoms. The zero-order valence-electron chi connectivity index (χ0n) is 11.8. The highest BCUT2D eigenvalue weighted by molar-refractivity contribution is 5.97. The van der Waals surface area contributed by atoms with E-state index in [1.165, 1.54) is 7.11 Å². The summed E-state index contributed by atoms with van der Waals surface area (Å²) in [6, 6.07) is 4.89. The lowest BCUT2D eigenvalue weighted by Gasteiger charge is -2.20. The van der Waals surface area contributed by atoms with Gasteiger partial charge in [0.2, 0.25) is 5.91 Å². The molecule has 1 fully saturated rings. The Labute approximate surface area is 118 Å². The number of hydrogen-bond donors (Lipinski definition) is 1. The third-order valence-corrected chi connectivity index (χ3v) is 3.37. The van der Waals surface area contributed by atoms with Gasteiger partial charge in [-0.05, 0) is 18.6 Å². The molecule has 0 unspecified atom stereocenters. The lowest BCUT2D eigenvalue weighted by molar-refractivity contribution is -0.129. The van der Waals surface area contributed by atoms with E-state index in [0.29, 0.717) is 30.1 Å². The molecule has 2 N–H and O–H groups in total. The van der Waals surface area contributed by atoms with Crippen LogP contribution in [-0.2, 0) is 4.79 Å². The van der Waals surface area contributed by atoms with Crippen LogP contribution in [0.25, 0.3) is 0 Å². The first-order chi connectivity index (χ1) is 9.51. The minimum Gasteiger partial charge on any atom is -0.497 e. The third kappa shape index (κ3) is 3.01. The van der Waals surface area contributed by atoms with Crippen molar-refractivity contribution in [3.63, 3.8) is 0 Å². The van der Waals surface area contributed by atoms with Crippen LogP contribution in [0.1, 0.15) is 16.8 Å². The number of hydrogen-bond acceptors (Lipinski definition) is 4. The summed E-state index contributed by atoms with van der Waals surface area (Å²) >= 11 is 0. The van der Waals surface area contributed by atoms with Gasteiger partial charge >= 0.3 is 0 Å². The fourth-order valence-electron chi connectivity index (χ4n) is 2.21. The van der Waals surface area contributed by atoms with Crippen molar-refractivity contribution < 1.29 is 14.3 Å². The van der Waals surface area contributed by atoms with Crippen molar-refractivity contribution in [3.05, 3.63) is 23.8 Å². The molecular formula is C14H19N3O3. The summed E-state index contributed by atoms with van der Waals surface area (Å²) in [5.41, 5.74) is 6.66. The minimum absolute atomic E-state index is 0.0493. The van der Waals surface area contributed by atoms with Gasteiger partial charge < -0.3 is 20.3 Å². The normalized spacial score (nSPS) is 16.0. The van der Waals surface area contributed by atoms with E-state index in [1.807, 2.05) is 0 Å². The molecule has 0 atom stereocenters. The maximum absolute atomic E-state index is 12.5. The number of nitrogen functional groups attached to an aromatic ring is 1. The van der Waals surface area contributed by atoms with E-state index in [0.717, 1.165) is 6.42 Å². The first-order valence-electron chi connectivity index (χ1n) is 6.49. The van der Waals surface area contributed by atoms with Gasteiger partial charge in [0.1, 0.15) is 12.3 Å². The predicted molar refractivity (Wildman–Crippen MR) is 75.6 cm³/mol. The van der Waals surface area contributed by atoms with Gasteiger partial charge in [0.05, 0.1) is 7.11 Å². The quantitative estimate of drug-likeness (QED) is 0.802. The van der Waals surface area contributed by atoms with Crippen molar-refractivity contribution in [2.45, 2.75) is 6.42 Å². The van der Waals surface area contributed by atoms with Crippen molar-refractivity contribution in [1.82, 2.24) is 9.80 Å². The average molecular weight is 277 g/mol. The van der Waals surface area contributed by atoms with Crippen LogP contribution >= 0.6 is 0 Å². The van der Waals surface area contributed by atoms with Gasteiger partial charge in [-0.15, -0.1) is 0 Å². The van der Waals surface area contributed by atoms with Gasteiger partial charge in [-0.2, -0.15) is 0 Å². The first-order valence-corrected chi connectivity index (χ1v) is 6.49. The molecule has 0 saturated carbocycles. The molecule has 1 aliphatic heterocycles. The number of benzene rings is 1. The van der Waals surface area contributed by atoms with Gasteiger partial charge in [0, 0.05) is 37.5 Å². The van der Waals surface area contributed by atoms with E-state index in [1.54, 1.807) is 35.0 Å². The third-order valence-electron chi connectivity index (χ3n) is 3.37. The van der Waals surface area contributed by atoms with Crippen LogP contribution in [0, 0.1) is 0 Å². The lowest BCUT2D eigenvalue weighted by Crippen LogP contribution is -2.38. The number of amides is 2. The van der Waals surface area contributed by atoms with Crippen LogP contribution in [-0.4, -0.2) is 55.4 Å². The molecular weight excluding hydrogens is 258 g/mol. The topological polar surface area (TPSA) is 75.9 Å². The van der Waals surface area contributed by atoms with E-state index in [-0.39, 0.29) is 18.4 Å². The molecule has 0 spiro atoms. The highest BCUT2D eigenvalue weighted by atomic mass is 16.5. The van der Waals surface area contributed by atoms with Crippen LogP contribution in [0.2, 0.25) is 0 Å². The Morgan fingerprint density at radius 2 is 2.05 bits per heavy atom. The second kappa shape index (κ2) is 5.81. The fraction of sp³-hybridized carbons (Fsp3) is 0.429. The summed E-state index contributed by atoms with van der Waals surface area (Å²) in [4.78, 5) is 27.5. The van der Waals surface area contributed by atoms with Gasteiger partial charge in [0.15, 0.2) is 0 Å². The summed E-state index contributed by atoms with van der Waals surface area (Å²) in [5.74, 6) is 0.289. The molecule has 0 aliphatic carbocycles. The number of methoxy groups -OCH3 is 1. The Kier molecular flexibility index (Phi) is 4.12. The molecule has 20 heavy (non-hydrogen) atoms. The Bertz CT molecular complexity index is 530. The van der Waals surface area contributed by atoms with E-state index in [2.05, 4.69) is 0 Å². The minimum atomic E-state index is -0.195. The Hall–Kier alpha value is -2.24. The molecule has 2 rings (SSSR count). The Balaban J connectivity index is 2.22. The standard InChI is InChI=1S/C14H19N3O3/c1-16-4-3-5-17(9-13(16)18)14(19)10-6-11(15)8-12(7-10)20-2/h6-8H,3-5,9,15H2,1-2H3. The zero-order valence-corrected chi connectivity index (χ0v) is 11.8. The zero-order chi connectivity index (χ0) is 14.7. The molecule has 6 heteroatoms. The van der Waals surface area contributed by atoms with E-state index >= 15 is 0 Å². The van der Waals surface area contributed by atoms with Crippen LogP contribution in [0.15, 0.2) is 18.2 Å². The number of likely N-dealkylation sites (N-methyl/N-ethyl adjacent to an activating group) is 1. The molecule has 1 aromatic rings. The fourth-order valence-corrected chi connectivity index (χ4v) is 2.21. The van der Waals surface area contributed by atoms with Crippen LogP contribution in [0.3, 0.4) is 0 Å². The molecule has 0 aromatic heterocycles. The molecule has 108 valence electrons. The number of rotatable bonds is 2. The van der Waals surface area contributed by atoms with E-state index in [9.17, 15) is 9.59 Å². The van der Waals surface area contributed by atoms with Crippen LogP contribution < -0.4 is 10.5 Å². The highest BCUT2D eigenvalue weighted by Gasteiger charge is 2.24. The number of carbonyl (C=O) groups is 2. The Morgan fingerprint density at radius 1 is 1.30 bits per heavy atom.